The van der Waals surface area contributed by atoms with E-state index < -0.39 is 18.2 Å². The second kappa shape index (κ2) is 9.32. The van der Waals surface area contributed by atoms with Crippen molar-refractivity contribution in [3.63, 3.8) is 0 Å². The average molecular weight is 418 g/mol. The van der Waals surface area contributed by atoms with Crippen LogP contribution in [-0.2, 0) is 9.53 Å². The number of benzene rings is 1. The summed E-state index contributed by atoms with van der Waals surface area (Å²) in [6.07, 6.45) is 0.960. The monoisotopic (exact) mass is 417 g/mol. The molecule has 3 aliphatic heterocycles. The summed E-state index contributed by atoms with van der Waals surface area (Å²) in [5.41, 5.74) is 0.482. The summed E-state index contributed by atoms with van der Waals surface area (Å²) in [6.45, 7) is 5.21. The summed E-state index contributed by atoms with van der Waals surface area (Å²) in [6, 6.07) is 6.62. The number of hydrogen-bond donors (Lipinski definition) is 2. The van der Waals surface area contributed by atoms with Crippen LogP contribution in [0.3, 0.4) is 0 Å². The van der Waals surface area contributed by atoms with Crippen LogP contribution in [0.15, 0.2) is 24.3 Å². The Labute approximate surface area is 177 Å². The quantitative estimate of drug-likeness (QED) is 0.697. The zero-order valence-corrected chi connectivity index (χ0v) is 17.5. The lowest BCUT2D eigenvalue weighted by atomic mass is 9.99. The number of likely N-dealkylation sites (N-methyl/N-ethyl adjacent to an activating group) is 1. The van der Waals surface area contributed by atoms with Crippen molar-refractivity contribution in [2.24, 2.45) is 0 Å². The van der Waals surface area contributed by atoms with Crippen molar-refractivity contribution >= 4 is 11.8 Å². The van der Waals surface area contributed by atoms with Crippen molar-refractivity contribution in [1.29, 1.82) is 0 Å². The molecule has 164 valence electrons. The molecule has 3 aliphatic rings. The fourth-order valence-corrected chi connectivity index (χ4v) is 4.48. The largest absolute Gasteiger partial charge is 0.493 e. The number of aliphatic hydroxyl groups is 1. The lowest BCUT2D eigenvalue weighted by molar-refractivity contribution is -0.135. The molecule has 4 rings (SSSR count). The summed E-state index contributed by atoms with van der Waals surface area (Å²) in [4.78, 5) is 30.3. The van der Waals surface area contributed by atoms with Gasteiger partial charge in [-0.1, -0.05) is 19.1 Å². The van der Waals surface area contributed by atoms with E-state index in [9.17, 15) is 14.7 Å². The van der Waals surface area contributed by atoms with Gasteiger partial charge in [0, 0.05) is 32.6 Å². The SMILES string of the molecule is CCN1CCN2C(=O)c3ccccc3OCC[C@@H]3CC[C@H](O)[C@@H](CNC(=O)[C@@H]2C1)O3. The molecule has 1 aromatic carbocycles. The van der Waals surface area contributed by atoms with Crippen molar-refractivity contribution in [2.45, 2.75) is 50.5 Å². The summed E-state index contributed by atoms with van der Waals surface area (Å²) in [5, 5.41) is 13.3. The molecule has 4 atom stereocenters. The molecule has 8 heteroatoms. The molecule has 0 aliphatic carbocycles. The second-order valence-electron chi connectivity index (χ2n) is 8.23. The van der Waals surface area contributed by atoms with Gasteiger partial charge in [-0.2, -0.15) is 0 Å². The number of hydrogen-bond acceptors (Lipinski definition) is 6. The lowest BCUT2D eigenvalue weighted by Crippen LogP contribution is -2.61. The van der Waals surface area contributed by atoms with Crippen LogP contribution >= 0.6 is 0 Å². The third-order valence-corrected chi connectivity index (χ3v) is 6.35. The van der Waals surface area contributed by atoms with E-state index in [1.165, 1.54) is 0 Å². The van der Waals surface area contributed by atoms with Gasteiger partial charge in [0.05, 0.1) is 24.4 Å². The van der Waals surface area contributed by atoms with Crippen LogP contribution in [0.25, 0.3) is 0 Å². The van der Waals surface area contributed by atoms with Gasteiger partial charge >= 0.3 is 0 Å². The Hall–Kier alpha value is -2.16. The predicted molar refractivity (Wildman–Crippen MR) is 110 cm³/mol. The molecule has 2 amide bonds. The van der Waals surface area contributed by atoms with Gasteiger partial charge in [0.25, 0.3) is 5.91 Å². The molecule has 1 aromatic rings. The van der Waals surface area contributed by atoms with Crippen LogP contribution in [0.2, 0.25) is 0 Å². The topological polar surface area (TPSA) is 91.3 Å². The average Bonchev–Trinajstić information content (AvgIpc) is 2.78. The minimum atomic E-state index is -0.604. The molecule has 0 saturated carbocycles. The highest BCUT2D eigenvalue weighted by atomic mass is 16.5. The molecular formula is C22H31N3O5. The smallest absolute Gasteiger partial charge is 0.258 e. The molecule has 8 nitrogen and oxygen atoms in total. The van der Waals surface area contributed by atoms with Crippen LogP contribution in [0.5, 0.6) is 5.75 Å². The second-order valence-corrected chi connectivity index (χ2v) is 8.23. The Morgan fingerprint density at radius 1 is 1.17 bits per heavy atom. The Bertz CT molecular complexity index is 773. The first-order valence-electron chi connectivity index (χ1n) is 10.9. The number of piperazine rings is 1. The van der Waals surface area contributed by atoms with Crippen LogP contribution in [0, 0.1) is 0 Å². The van der Waals surface area contributed by atoms with Gasteiger partial charge in [-0.25, -0.2) is 0 Å². The van der Waals surface area contributed by atoms with Crippen molar-refractivity contribution in [1.82, 2.24) is 15.1 Å². The van der Waals surface area contributed by atoms with Gasteiger partial charge in [-0.3, -0.25) is 14.5 Å². The first kappa shape index (κ1) is 21.1. The maximum atomic E-state index is 13.4. The Balaban J connectivity index is 1.64. The van der Waals surface area contributed by atoms with Gasteiger partial charge in [-0.05, 0) is 31.5 Å². The van der Waals surface area contributed by atoms with Gasteiger partial charge < -0.3 is 24.8 Å². The molecule has 0 aromatic heterocycles. The first-order valence-corrected chi connectivity index (χ1v) is 10.9. The molecule has 2 saturated heterocycles. The number of nitrogens with zero attached hydrogens (tertiary/aromatic N) is 2. The van der Waals surface area contributed by atoms with E-state index in [1.807, 2.05) is 19.1 Å². The van der Waals surface area contributed by atoms with E-state index in [2.05, 4.69) is 10.2 Å². The minimum Gasteiger partial charge on any atom is -0.493 e. The van der Waals surface area contributed by atoms with Crippen LogP contribution < -0.4 is 10.1 Å². The summed E-state index contributed by atoms with van der Waals surface area (Å²) in [5.74, 6) is 0.133. The highest BCUT2D eigenvalue weighted by Gasteiger charge is 2.37. The van der Waals surface area contributed by atoms with Crippen molar-refractivity contribution < 1.29 is 24.2 Å². The molecule has 2 bridgehead atoms. The highest BCUT2D eigenvalue weighted by molar-refractivity contribution is 6.00. The van der Waals surface area contributed by atoms with Crippen molar-refractivity contribution in [3.8, 4) is 5.75 Å². The number of fused-ring (bicyclic) bond motifs is 4. The van der Waals surface area contributed by atoms with E-state index in [1.54, 1.807) is 17.0 Å². The van der Waals surface area contributed by atoms with Crippen LogP contribution in [-0.4, -0.2) is 90.4 Å². The normalized spacial score (nSPS) is 31.1. The van der Waals surface area contributed by atoms with E-state index in [-0.39, 0.29) is 24.5 Å². The first-order chi connectivity index (χ1) is 14.6. The third-order valence-electron chi connectivity index (χ3n) is 6.35. The van der Waals surface area contributed by atoms with Crippen LogP contribution in [0.1, 0.15) is 36.5 Å². The van der Waals surface area contributed by atoms with Gasteiger partial charge in [0.1, 0.15) is 17.9 Å². The number of carbonyl (C=O) groups is 2. The fraction of sp³-hybridized carbons (Fsp3) is 0.636. The highest BCUT2D eigenvalue weighted by Crippen LogP contribution is 2.26. The fourth-order valence-electron chi connectivity index (χ4n) is 4.48. The zero-order chi connectivity index (χ0) is 21.1. The molecule has 0 spiro atoms. The molecule has 2 N–H and O–H groups in total. The lowest BCUT2D eigenvalue weighted by Gasteiger charge is -2.41. The molecule has 0 unspecified atom stereocenters. The molecular weight excluding hydrogens is 386 g/mol. The molecule has 30 heavy (non-hydrogen) atoms. The van der Waals surface area contributed by atoms with E-state index in [4.69, 9.17) is 9.47 Å². The van der Waals surface area contributed by atoms with Gasteiger partial charge in [0.2, 0.25) is 5.91 Å². The Morgan fingerprint density at radius 2 is 2.00 bits per heavy atom. The van der Waals surface area contributed by atoms with Crippen LogP contribution in [0.4, 0.5) is 0 Å². The summed E-state index contributed by atoms with van der Waals surface area (Å²) in [7, 11) is 0. The molecule has 0 radical (unpaired) electrons. The number of carbonyl (C=O) groups excluding carboxylic acids is 2. The summed E-state index contributed by atoms with van der Waals surface area (Å²) >= 11 is 0. The van der Waals surface area contributed by atoms with E-state index in [0.29, 0.717) is 43.9 Å². The number of nitrogens with one attached hydrogen (secondary N) is 1. The number of aliphatic hydroxyl groups excluding tert-OH is 1. The zero-order valence-electron chi connectivity index (χ0n) is 17.5. The van der Waals surface area contributed by atoms with E-state index in [0.717, 1.165) is 19.5 Å². The standard InChI is InChI=1S/C22H31N3O5/c1-2-24-10-11-25-17(14-24)21(27)23-13-20-18(26)8-7-15(30-20)9-12-29-19-6-4-3-5-16(19)22(25)28/h3-6,15,17-18,20,26H,2,7-14H2,1H3,(H,23,27)/t15-,17-,18-,20+/m0/s1. The van der Waals surface area contributed by atoms with E-state index >= 15 is 0 Å². The van der Waals surface area contributed by atoms with Gasteiger partial charge in [-0.15, -0.1) is 0 Å². The minimum absolute atomic E-state index is 0.0390. The number of rotatable bonds is 1. The molecule has 3 heterocycles. The summed E-state index contributed by atoms with van der Waals surface area (Å²) < 4.78 is 12.0. The maximum Gasteiger partial charge on any atom is 0.258 e. The third kappa shape index (κ3) is 4.45. The Morgan fingerprint density at radius 3 is 2.83 bits per heavy atom. The number of ether oxygens (including phenoxy) is 2. The van der Waals surface area contributed by atoms with Crippen molar-refractivity contribution in [2.75, 3.05) is 39.3 Å². The Kier molecular flexibility index (Phi) is 6.55. The number of para-hydroxylation sites is 1. The maximum absolute atomic E-state index is 13.4. The van der Waals surface area contributed by atoms with Crippen molar-refractivity contribution in [3.05, 3.63) is 29.8 Å². The molecule has 2 fully saturated rings. The predicted octanol–water partition coefficient (Wildman–Crippen LogP) is 0.640. The number of amides is 2. The van der Waals surface area contributed by atoms with Gasteiger partial charge in [0.15, 0.2) is 0 Å².